The van der Waals surface area contributed by atoms with Gasteiger partial charge in [-0.1, -0.05) is 48.6 Å². The van der Waals surface area contributed by atoms with Crippen molar-refractivity contribution in [1.29, 1.82) is 0 Å². The molecule has 0 radical (unpaired) electrons. The molecule has 3 heteroatoms. The maximum absolute atomic E-state index is 5.18. The lowest BCUT2D eigenvalue weighted by molar-refractivity contribution is 0.231. The van der Waals surface area contributed by atoms with E-state index in [2.05, 4.69) is 65.7 Å². The quantitative estimate of drug-likeness (QED) is 0.833. The largest absolute Gasteiger partial charge is 0.497 e. The molecule has 2 aromatic rings. The summed E-state index contributed by atoms with van der Waals surface area (Å²) < 4.78 is 5.18. The van der Waals surface area contributed by atoms with E-state index in [1.54, 1.807) is 7.11 Å². The molecule has 1 unspecified atom stereocenters. The smallest absolute Gasteiger partial charge is 0.118 e. The number of benzene rings is 2. The van der Waals surface area contributed by atoms with Gasteiger partial charge in [0.1, 0.15) is 5.75 Å². The predicted octanol–water partition coefficient (Wildman–Crippen LogP) is 3.74. The van der Waals surface area contributed by atoms with Gasteiger partial charge >= 0.3 is 0 Å². The maximum atomic E-state index is 5.18. The fourth-order valence-corrected chi connectivity index (χ4v) is 3.34. The first-order valence-electron chi connectivity index (χ1n) is 9.07. The van der Waals surface area contributed by atoms with Crippen LogP contribution in [0.2, 0.25) is 0 Å². The number of rotatable bonds is 7. The lowest BCUT2D eigenvalue weighted by Crippen LogP contribution is -2.41. The molecule has 1 atom stereocenters. The molecule has 0 bridgehead atoms. The van der Waals surface area contributed by atoms with E-state index in [9.17, 15) is 0 Å². The summed E-state index contributed by atoms with van der Waals surface area (Å²) >= 11 is 0. The van der Waals surface area contributed by atoms with Gasteiger partial charge in [0.25, 0.3) is 0 Å². The molecule has 0 saturated carbocycles. The minimum absolute atomic E-state index is 0.478. The second-order valence-corrected chi connectivity index (χ2v) is 6.74. The fourth-order valence-electron chi connectivity index (χ4n) is 3.34. The Labute approximate surface area is 151 Å². The highest BCUT2D eigenvalue weighted by atomic mass is 16.5. The molecule has 0 aliphatic carbocycles. The number of fused-ring (bicyclic) bond motifs is 1. The molecule has 2 aromatic carbocycles. The first kappa shape index (κ1) is 17.7. The number of ether oxygens (including phenoxy) is 1. The third kappa shape index (κ3) is 5.18. The van der Waals surface area contributed by atoms with Gasteiger partial charge in [-0.15, -0.1) is 0 Å². The van der Waals surface area contributed by atoms with Crippen LogP contribution in [0.5, 0.6) is 5.75 Å². The molecule has 0 aromatic heterocycles. The zero-order chi connectivity index (χ0) is 17.5. The van der Waals surface area contributed by atoms with Crippen LogP contribution in [0.15, 0.2) is 54.6 Å². The second kappa shape index (κ2) is 8.84. The van der Waals surface area contributed by atoms with Crippen LogP contribution in [0.4, 0.5) is 0 Å². The zero-order valence-electron chi connectivity index (χ0n) is 15.2. The summed E-state index contributed by atoms with van der Waals surface area (Å²) in [4.78, 5) is 2.55. The Bertz CT molecular complexity index is 693. The SMILES string of the molecule is COc1ccc(/C=C/CNC(C)CN2CCc3ccccc3C2)cc1. The molecular formula is C22H28N2O. The fraction of sp³-hybridized carbons (Fsp3) is 0.364. The average Bonchev–Trinajstić information content (AvgIpc) is 2.65. The van der Waals surface area contributed by atoms with Crippen molar-refractivity contribution in [3.63, 3.8) is 0 Å². The van der Waals surface area contributed by atoms with Crippen molar-refractivity contribution in [3.8, 4) is 5.75 Å². The van der Waals surface area contributed by atoms with Crippen molar-refractivity contribution < 1.29 is 4.74 Å². The Morgan fingerprint density at radius 3 is 2.64 bits per heavy atom. The Balaban J connectivity index is 1.41. The lowest BCUT2D eigenvalue weighted by atomic mass is 10.00. The Hall–Kier alpha value is -2.10. The van der Waals surface area contributed by atoms with Crippen molar-refractivity contribution in [2.24, 2.45) is 0 Å². The third-order valence-electron chi connectivity index (χ3n) is 4.75. The predicted molar refractivity (Wildman–Crippen MR) is 105 cm³/mol. The summed E-state index contributed by atoms with van der Waals surface area (Å²) in [6.45, 7) is 6.47. The van der Waals surface area contributed by atoms with Crippen LogP contribution >= 0.6 is 0 Å². The Morgan fingerprint density at radius 1 is 1.12 bits per heavy atom. The third-order valence-corrected chi connectivity index (χ3v) is 4.75. The van der Waals surface area contributed by atoms with Gasteiger partial charge in [0, 0.05) is 32.2 Å². The minimum atomic E-state index is 0.478. The zero-order valence-corrected chi connectivity index (χ0v) is 15.2. The van der Waals surface area contributed by atoms with Crippen LogP contribution < -0.4 is 10.1 Å². The van der Waals surface area contributed by atoms with Gasteiger partial charge in [0.15, 0.2) is 0 Å². The molecule has 1 aliphatic rings. The van der Waals surface area contributed by atoms with Crippen LogP contribution in [0.1, 0.15) is 23.6 Å². The van der Waals surface area contributed by atoms with Gasteiger partial charge in [0.2, 0.25) is 0 Å². The normalized spacial score (nSPS) is 15.9. The molecule has 0 spiro atoms. The van der Waals surface area contributed by atoms with Crippen LogP contribution in [-0.4, -0.2) is 37.7 Å². The van der Waals surface area contributed by atoms with Crippen LogP contribution in [-0.2, 0) is 13.0 Å². The molecule has 1 heterocycles. The summed E-state index contributed by atoms with van der Waals surface area (Å²) in [5.74, 6) is 0.895. The number of nitrogens with one attached hydrogen (secondary N) is 1. The summed E-state index contributed by atoms with van der Waals surface area (Å²) in [5, 5.41) is 3.59. The van der Waals surface area contributed by atoms with Crippen molar-refractivity contribution in [3.05, 3.63) is 71.3 Å². The molecule has 3 nitrogen and oxygen atoms in total. The van der Waals surface area contributed by atoms with Gasteiger partial charge in [-0.3, -0.25) is 4.90 Å². The van der Waals surface area contributed by atoms with Gasteiger partial charge < -0.3 is 10.1 Å². The van der Waals surface area contributed by atoms with Crippen LogP contribution in [0.25, 0.3) is 6.08 Å². The van der Waals surface area contributed by atoms with Crippen molar-refractivity contribution in [2.45, 2.75) is 25.9 Å². The monoisotopic (exact) mass is 336 g/mol. The van der Waals surface area contributed by atoms with E-state index in [0.717, 1.165) is 31.9 Å². The van der Waals surface area contributed by atoms with E-state index in [4.69, 9.17) is 4.74 Å². The van der Waals surface area contributed by atoms with Gasteiger partial charge in [0.05, 0.1) is 7.11 Å². The molecule has 3 rings (SSSR count). The maximum Gasteiger partial charge on any atom is 0.118 e. The molecule has 132 valence electrons. The lowest BCUT2D eigenvalue weighted by Gasteiger charge is -2.31. The molecule has 0 fully saturated rings. The van der Waals surface area contributed by atoms with Crippen LogP contribution in [0.3, 0.4) is 0 Å². The van der Waals surface area contributed by atoms with E-state index in [0.29, 0.717) is 6.04 Å². The summed E-state index contributed by atoms with van der Waals surface area (Å²) in [6, 6.07) is 17.4. The standard InChI is InChI=1S/C22H28N2O/c1-18(16-24-15-13-20-7-3-4-8-21(20)17-24)23-14-5-6-19-9-11-22(25-2)12-10-19/h3-12,18,23H,13-17H2,1-2H3/b6-5+. The summed E-state index contributed by atoms with van der Waals surface area (Å²) in [5.41, 5.74) is 4.20. The average molecular weight is 336 g/mol. The molecule has 0 amide bonds. The molecule has 1 N–H and O–H groups in total. The number of hydrogen-bond donors (Lipinski definition) is 1. The highest BCUT2D eigenvalue weighted by molar-refractivity contribution is 5.50. The number of hydrogen-bond acceptors (Lipinski definition) is 3. The van der Waals surface area contributed by atoms with Crippen molar-refractivity contribution in [2.75, 3.05) is 26.7 Å². The highest BCUT2D eigenvalue weighted by Crippen LogP contribution is 2.18. The first-order chi connectivity index (χ1) is 12.2. The van der Waals surface area contributed by atoms with Crippen molar-refractivity contribution in [1.82, 2.24) is 10.2 Å². The molecule has 1 aliphatic heterocycles. The molecular weight excluding hydrogens is 308 g/mol. The highest BCUT2D eigenvalue weighted by Gasteiger charge is 2.16. The number of methoxy groups -OCH3 is 1. The van der Waals surface area contributed by atoms with E-state index >= 15 is 0 Å². The Kier molecular flexibility index (Phi) is 6.26. The van der Waals surface area contributed by atoms with Gasteiger partial charge in [-0.05, 0) is 42.2 Å². The number of nitrogens with zero attached hydrogens (tertiary/aromatic N) is 1. The van der Waals surface area contributed by atoms with Gasteiger partial charge in [-0.2, -0.15) is 0 Å². The Morgan fingerprint density at radius 2 is 1.88 bits per heavy atom. The van der Waals surface area contributed by atoms with Crippen LogP contribution in [0, 0.1) is 0 Å². The molecule has 25 heavy (non-hydrogen) atoms. The molecule has 0 saturated heterocycles. The van der Waals surface area contributed by atoms with E-state index in [1.165, 1.54) is 23.1 Å². The first-order valence-corrected chi connectivity index (χ1v) is 9.07. The second-order valence-electron chi connectivity index (χ2n) is 6.74. The summed E-state index contributed by atoms with van der Waals surface area (Å²) in [7, 11) is 1.69. The summed E-state index contributed by atoms with van der Waals surface area (Å²) in [6.07, 6.45) is 5.50. The van der Waals surface area contributed by atoms with E-state index in [-0.39, 0.29) is 0 Å². The topological polar surface area (TPSA) is 24.5 Å². The van der Waals surface area contributed by atoms with Crippen molar-refractivity contribution >= 4 is 6.08 Å². The van der Waals surface area contributed by atoms with E-state index < -0.39 is 0 Å². The van der Waals surface area contributed by atoms with Gasteiger partial charge in [-0.25, -0.2) is 0 Å². The van der Waals surface area contributed by atoms with E-state index in [1.807, 2.05) is 12.1 Å². The minimum Gasteiger partial charge on any atom is -0.497 e.